The molecule has 17 heavy (non-hydrogen) atoms. The molecule has 5 heteroatoms. The predicted octanol–water partition coefficient (Wildman–Crippen LogP) is 1.73. The van der Waals surface area contributed by atoms with Crippen molar-refractivity contribution in [1.29, 1.82) is 0 Å². The minimum absolute atomic E-state index is 0.711. The van der Waals surface area contributed by atoms with Gasteiger partial charge >= 0.3 is 4.77 Å². The smallest absolute Gasteiger partial charge is 0.328 e. The Morgan fingerprint density at radius 1 is 1.24 bits per heavy atom. The maximum absolute atomic E-state index is 5.30. The maximum Gasteiger partial charge on any atom is 0.328 e. The number of aromatic amines is 1. The fourth-order valence-electron chi connectivity index (χ4n) is 1.78. The highest BCUT2D eigenvalue weighted by atomic mass is 32.1. The summed E-state index contributed by atoms with van der Waals surface area (Å²) in [6.45, 7) is 2.03. The normalized spacial score (nSPS) is 10.6. The Kier molecular flexibility index (Phi) is 3.02. The number of benzene rings is 1. The first-order valence-corrected chi connectivity index (χ1v) is 5.87. The van der Waals surface area contributed by atoms with Crippen molar-refractivity contribution in [2.45, 2.75) is 6.92 Å². The van der Waals surface area contributed by atoms with Crippen LogP contribution in [0, 0.1) is 11.7 Å². The molecule has 0 radical (unpaired) electrons. The van der Waals surface area contributed by atoms with Crippen molar-refractivity contribution in [1.82, 2.24) is 9.78 Å². The first kappa shape index (κ1) is 11.9. The Labute approximate surface area is 106 Å². The monoisotopic (exact) mass is 249 g/mol. The van der Waals surface area contributed by atoms with Crippen LogP contribution in [-0.2, 0) is 7.05 Å². The summed E-state index contributed by atoms with van der Waals surface area (Å²) >= 11 is 5.30. The van der Waals surface area contributed by atoms with Crippen LogP contribution in [0.5, 0.6) is 0 Å². The van der Waals surface area contributed by atoms with Crippen LogP contribution < -0.4 is 9.47 Å². The number of rotatable bonds is 2. The molecule has 0 amide bonds. The summed E-state index contributed by atoms with van der Waals surface area (Å²) in [5.74, 6) is 1.08. The number of hydrogen-bond acceptors (Lipinski definition) is 2. The molecular weight excluding hydrogens is 232 g/mol. The van der Waals surface area contributed by atoms with E-state index in [1.165, 1.54) is 5.69 Å². The Morgan fingerprint density at radius 2 is 1.82 bits per heavy atom. The SMILES string of the molecule is Cc1n(C)[nH]c(=S)[n+]1-c1ccc(N(C)C)cc1. The van der Waals surface area contributed by atoms with Gasteiger partial charge < -0.3 is 4.90 Å². The van der Waals surface area contributed by atoms with Crippen molar-refractivity contribution in [3.63, 3.8) is 0 Å². The van der Waals surface area contributed by atoms with E-state index >= 15 is 0 Å². The Morgan fingerprint density at radius 3 is 2.24 bits per heavy atom. The van der Waals surface area contributed by atoms with Gasteiger partial charge in [-0.3, -0.25) is 0 Å². The Bertz CT molecular complexity index is 578. The fraction of sp³-hybridized carbons (Fsp3) is 0.333. The molecule has 0 saturated carbocycles. The molecule has 1 aromatic heterocycles. The van der Waals surface area contributed by atoms with E-state index in [-0.39, 0.29) is 0 Å². The zero-order valence-electron chi connectivity index (χ0n) is 10.6. The molecule has 1 N–H and O–H groups in total. The third-order valence-corrected chi connectivity index (χ3v) is 3.17. The lowest BCUT2D eigenvalue weighted by atomic mass is 10.2. The topological polar surface area (TPSA) is 27.8 Å². The van der Waals surface area contributed by atoms with Crippen LogP contribution in [0.3, 0.4) is 0 Å². The van der Waals surface area contributed by atoms with Crippen LogP contribution >= 0.6 is 12.2 Å². The molecule has 0 unspecified atom stereocenters. The number of aromatic nitrogens is 3. The zero-order chi connectivity index (χ0) is 12.6. The molecule has 2 aromatic rings. The number of nitrogens with zero attached hydrogens (tertiary/aromatic N) is 3. The number of H-pyrrole nitrogens is 1. The van der Waals surface area contributed by atoms with Gasteiger partial charge in [0.15, 0.2) is 0 Å². The molecule has 0 aliphatic carbocycles. The summed E-state index contributed by atoms with van der Waals surface area (Å²) in [7, 11) is 6.01. The van der Waals surface area contributed by atoms with Crippen molar-refractivity contribution < 1.29 is 4.57 Å². The van der Waals surface area contributed by atoms with Crippen molar-refractivity contribution in [2.75, 3.05) is 19.0 Å². The van der Waals surface area contributed by atoms with E-state index in [1.807, 2.05) is 37.3 Å². The van der Waals surface area contributed by atoms with Crippen molar-refractivity contribution in [3.05, 3.63) is 34.9 Å². The summed E-state index contributed by atoms with van der Waals surface area (Å²) in [6.07, 6.45) is 0. The fourth-order valence-corrected chi connectivity index (χ4v) is 2.15. The highest BCUT2D eigenvalue weighted by Crippen LogP contribution is 2.12. The van der Waals surface area contributed by atoms with E-state index in [9.17, 15) is 0 Å². The molecule has 0 fully saturated rings. The zero-order valence-corrected chi connectivity index (χ0v) is 11.4. The average molecular weight is 249 g/mol. The first-order chi connectivity index (χ1) is 8.00. The number of hydrogen-bond donors (Lipinski definition) is 1. The average Bonchev–Trinajstić information content (AvgIpc) is 2.53. The van der Waals surface area contributed by atoms with E-state index in [2.05, 4.69) is 34.3 Å². The summed E-state index contributed by atoms with van der Waals surface area (Å²) in [5, 5.41) is 3.10. The Hall–Kier alpha value is -1.62. The number of anilines is 1. The van der Waals surface area contributed by atoms with Crippen molar-refractivity contribution in [2.24, 2.45) is 7.05 Å². The van der Waals surface area contributed by atoms with Crippen LogP contribution in [0.4, 0.5) is 5.69 Å². The maximum atomic E-state index is 5.30. The van der Waals surface area contributed by atoms with E-state index in [0.717, 1.165) is 11.5 Å². The van der Waals surface area contributed by atoms with E-state index in [0.29, 0.717) is 4.77 Å². The molecule has 2 rings (SSSR count). The minimum Gasteiger partial charge on any atom is -0.378 e. The first-order valence-electron chi connectivity index (χ1n) is 5.46. The van der Waals surface area contributed by atoms with Gasteiger partial charge in [-0.25, -0.2) is 0 Å². The standard InChI is InChI=1S/C12H16N4S/c1-9-15(4)13-12(17)16(9)11-7-5-10(6-8-11)14(2)3/h5-8H,1-4H3/p+1. The largest absolute Gasteiger partial charge is 0.378 e. The molecule has 0 bridgehead atoms. The van der Waals surface area contributed by atoms with Gasteiger partial charge in [0.05, 0.1) is 7.05 Å². The lowest BCUT2D eigenvalue weighted by Crippen LogP contribution is -2.33. The third kappa shape index (κ3) is 2.10. The lowest BCUT2D eigenvalue weighted by molar-refractivity contribution is -0.610. The molecule has 0 spiro atoms. The molecular formula is C12H17N4S+. The van der Waals surface area contributed by atoms with E-state index in [4.69, 9.17) is 12.2 Å². The van der Waals surface area contributed by atoms with Gasteiger partial charge in [0.25, 0.3) is 0 Å². The lowest BCUT2D eigenvalue weighted by Gasteiger charge is -2.12. The number of nitrogens with one attached hydrogen (secondary N) is 1. The van der Waals surface area contributed by atoms with Gasteiger partial charge in [-0.05, 0) is 36.5 Å². The highest BCUT2D eigenvalue weighted by molar-refractivity contribution is 7.71. The van der Waals surface area contributed by atoms with E-state index < -0.39 is 0 Å². The van der Waals surface area contributed by atoms with Crippen LogP contribution in [0.25, 0.3) is 5.69 Å². The van der Waals surface area contributed by atoms with E-state index in [1.54, 1.807) is 0 Å². The minimum atomic E-state index is 0.711. The van der Waals surface area contributed by atoms with Crippen LogP contribution in [0.2, 0.25) is 0 Å². The molecule has 1 aromatic carbocycles. The quantitative estimate of drug-likeness (QED) is 0.648. The van der Waals surface area contributed by atoms with Crippen LogP contribution in [0.1, 0.15) is 5.82 Å². The van der Waals surface area contributed by atoms with Gasteiger partial charge in [-0.15, -0.1) is 5.10 Å². The summed E-state index contributed by atoms with van der Waals surface area (Å²) in [4.78, 5) is 2.08. The summed E-state index contributed by atoms with van der Waals surface area (Å²) < 4.78 is 4.65. The van der Waals surface area contributed by atoms with Gasteiger partial charge in [0, 0.05) is 26.7 Å². The van der Waals surface area contributed by atoms with Gasteiger partial charge in [-0.2, -0.15) is 9.25 Å². The third-order valence-electron chi connectivity index (χ3n) is 2.90. The molecule has 0 aliphatic heterocycles. The summed E-state index contributed by atoms with van der Waals surface area (Å²) in [5.41, 5.74) is 2.26. The molecule has 90 valence electrons. The highest BCUT2D eigenvalue weighted by Gasteiger charge is 2.13. The van der Waals surface area contributed by atoms with Crippen molar-refractivity contribution in [3.8, 4) is 5.69 Å². The molecule has 0 saturated heterocycles. The molecule has 1 heterocycles. The second-order valence-electron chi connectivity index (χ2n) is 4.27. The molecule has 4 nitrogen and oxygen atoms in total. The van der Waals surface area contributed by atoms with Gasteiger partial charge in [0.2, 0.25) is 5.82 Å². The molecule has 0 aliphatic rings. The second-order valence-corrected chi connectivity index (χ2v) is 4.66. The second kappa shape index (κ2) is 4.33. The predicted molar refractivity (Wildman–Crippen MR) is 71.2 cm³/mol. The van der Waals surface area contributed by atoms with Gasteiger partial charge in [0.1, 0.15) is 5.69 Å². The van der Waals surface area contributed by atoms with Gasteiger partial charge in [-0.1, -0.05) is 0 Å². The Balaban J connectivity index is 2.50. The molecule has 0 atom stereocenters. The van der Waals surface area contributed by atoms with Crippen LogP contribution in [0.15, 0.2) is 24.3 Å². The summed E-state index contributed by atoms with van der Waals surface area (Å²) in [6, 6.07) is 8.32. The van der Waals surface area contributed by atoms with Crippen molar-refractivity contribution >= 4 is 17.9 Å². The number of aryl methyl sites for hydroxylation is 1. The van der Waals surface area contributed by atoms with Crippen LogP contribution in [-0.4, -0.2) is 23.9 Å².